The summed E-state index contributed by atoms with van der Waals surface area (Å²) in [4.78, 5) is 2.25. The first-order valence-corrected chi connectivity index (χ1v) is 5.87. The lowest BCUT2D eigenvalue weighted by Gasteiger charge is -2.24. The van der Waals surface area contributed by atoms with E-state index in [0.717, 1.165) is 19.6 Å². The summed E-state index contributed by atoms with van der Waals surface area (Å²) >= 11 is 0. The summed E-state index contributed by atoms with van der Waals surface area (Å²) in [5, 5.41) is 13.0. The van der Waals surface area contributed by atoms with Gasteiger partial charge in [0.1, 0.15) is 0 Å². The molecule has 1 aliphatic heterocycles. The number of aliphatic hydroxyl groups excluding tert-OH is 1. The monoisotopic (exact) mass is 220 g/mol. The van der Waals surface area contributed by atoms with E-state index in [9.17, 15) is 5.11 Å². The topological polar surface area (TPSA) is 35.5 Å². The molecule has 3 nitrogen and oxygen atoms in total. The van der Waals surface area contributed by atoms with Crippen molar-refractivity contribution in [1.82, 2.24) is 5.32 Å². The van der Waals surface area contributed by atoms with Crippen LogP contribution in [-0.4, -0.2) is 37.4 Å². The van der Waals surface area contributed by atoms with Gasteiger partial charge in [-0.05, 0) is 37.1 Å². The van der Waals surface area contributed by atoms with Crippen molar-refractivity contribution in [2.75, 3.05) is 31.1 Å². The molecule has 2 N–H and O–H groups in total. The molecule has 1 atom stereocenters. The molecule has 1 aliphatic rings. The van der Waals surface area contributed by atoms with E-state index in [1.807, 2.05) is 0 Å². The minimum atomic E-state index is -0.275. The van der Waals surface area contributed by atoms with Crippen LogP contribution in [0.1, 0.15) is 11.1 Å². The van der Waals surface area contributed by atoms with Crippen molar-refractivity contribution >= 4 is 5.69 Å². The summed E-state index contributed by atoms with van der Waals surface area (Å²) in [6, 6.07) is 6.55. The number of aliphatic hydroxyl groups is 1. The fraction of sp³-hybridized carbons (Fsp3) is 0.538. The van der Waals surface area contributed by atoms with Gasteiger partial charge in [-0.3, -0.25) is 0 Å². The zero-order valence-corrected chi connectivity index (χ0v) is 10.0. The lowest BCUT2D eigenvalue weighted by molar-refractivity contribution is 0.185. The van der Waals surface area contributed by atoms with Crippen molar-refractivity contribution in [2.24, 2.45) is 0 Å². The first-order valence-electron chi connectivity index (χ1n) is 5.87. The number of anilines is 1. The van der Waals surface area contributed by atoms with Crippen molar-refractivity contribution < 1.29 is 5.11 Å². The van der Waals surface area contributed by atoms with Crippen LogP contribution >= 0.6 is 0 Å². The average molecular weight is 220 g/mol. The van der Waals surface area contributed by atoms with E-state index in [-0.39, 0.29) is 6.10 Å². The van der Waals surface area contributed by atoms with Crippen molar-refractivity contribution in [2.45, 2.75) is 20.0 Å². The highest BCUT2D eigenvalue weighted by Gasteiger charge is 2.16. The normalized spacial score (nSPS) is 21.9. The Morgan fingerprint density at radius 2 is 1.94 bits per heavy atom. The molecular formula is C13H20N2O. The molecule has 0 spiro atoms. The fourth-order valence-electron chi connectivity index (χ4n) is 2.26. The van der Waals surface area contributed by atoms with Gasteiger partial charge < -0.3 is 15.3 Å². The Balaban J connectivity index is 2.21. The number of benzene rings is 1. The van der Waals surface area contributed by atoms with Crippen LogP contribution in [0.5, 0.6) is 0 Å². The smallest absolute Gasteiger partial charge is 0.0839 e. The third-order valence-corrected chi connectivity index (χ3v) is 2.94. The molecule has 1 aromatic rings. The van der Waals surface area contributed by atoms with E-state index in [0.29, 0.717) is 6.54 Å². The Hall–Kier alpha value is -1.06. The van der Waals surface area contributed by atoms with Gasteiger partial charge in [0.25, 0.3) is 0 Å². The predicted octanol–water partition coefficient (Wildman–Crippen LogP) is 1.07. The van der Waals surface area contributed by atoms with Crippen LogP contribution in [0.2, 0.25) is 0 Å². The highest BCUT2D eigenvalue weighted by molar-refractivity contribution is 5.51. The zero-order chi connectivity index (χ0) is 11.5. The standard InChI is InChI=1S/C13H20N2O/c1-10-5-11(2)7-12(6-10)15-4-3-14-8-13(16)9-15/h5-7,13-14,16H,3-4,8-9H2,1-2H3. The van der Waals surface area contributed by atoms with Gasteiger partial charge in [0.15, 0.2) is 0 Å². The van der Waals surface area contributed by atoms with Crippen LogP contribution in [0.25, 0.3) is 0 Å². The van der Waals surface area contributed by atoms with E-state index in [1.54, 1.807) is 0 Å². The van der Waals surface area contributed by atoms with Crippen LogP contribution in [0, 0.1) is 13.8 Å². The third-order valence-electron chi connectivity index (χ3n) is 2.94. The Kier molecular flexibility index (Phi) is 3.46. The molecule has 0 saturated carbocycles. The minimum absolute atomic E-state index is 0.275. The van der Waals surface area contributed by atoms with Crippen molar-refractivity contribution in [3.05, 3.63) is 29.3 Å². The number of hydrogen-bond acceptors (Lipinski definition) is 3. The molecular weight excluding hydrogens is 200 g/mol. The molecule has 3 heteroatoms. The maximum absolute atomic E-state index is 9.76. The van der Waals surface area contributed by atoms with Gasteiger partial charge in [0, 0.05) is 31.9 Å². The maximum atomic E-state index is 9.76. The maximum Gasteiger partial charge on any atom is 0.0839 e. The number of hydrogen-bond donors (Lipinski definition) is 2. The van der Waals surface area contributed by atoms with Gasteiger partial charge in [-0.1, -0.05) is 6.07 Å². The van der Waals surface area contributed by atoms with Gasteiger partial charge in [-0.25, -0.2) is 0 Å². The van der Waals surface area contributed by atoms with Crippen LogP contribution in [0.15, 0.2) is 18.2 Å². The van der Waals surface area contributed by atoms with Crippen LogP contribution in [-0.2, 0) is 0 Å². The predicted molar refractivity (Wildman–Crippen MR) is 67.0 cm³/mol. The first-order chi connectivity index (χ1) is 7.65. The zero-order valence-electron chi connectivity index (χ0n) is 10.0. The summed E-state index contributed by atoms with van der Waals surface area (Å²) < 4.78 is 0. The van der Waals surface area contributed by atoms with Gasteiger partial charge in [0.2, 0.25) is 0 Å². The molecule has 0 bridgehead atoms. The Labute approximate surface area is 97.1 Å². The highest BCUT2D eigenvalue weighted by Crippen LogP contribution is 2.19. The van der Waals surface area contributed by atoms with Crippen LogP contribution < -0.4 is 10.2 Å². The van der Waals surface area contributed by atoms with E-state index < -0.39 is 0 Å². The molecule has 2 rings (SSSR count). The summed E-state index contributed by atoms with van der Waals surface area (Å²) in [6.45, 7) is 7.53. The molecule has 0 radical (unpaired) electrons. The van der Waals surface area contributed by atoms with Gasteiger partial charge in [-0.15, -0.1) is 0 Å². The van der Waals surface area contributed by atoms with Gasteiger partial charge in [0.05, 0.1) is 6.10 Å². The van der Waals surface area contributed by atoms with E-state index in [4.69, 9.17) is 0 Å². The molecule has 1 unspecified atom stereocenters. The molecule has 0 amide bonds. The second-order valence-corrected chi connectivity index (χ2v) is 4.65. The second-order valence-electron chi connectivity index (χ2n) is 4.65. The molecule has 1 fully saturated rings. The van der Waals surface area contributed by atoms with Crippen molar-refractivity contribution in [3.63, 3.8) is 0 Å². The molecule has 16 heavy (non-hydrogen) atoms. The van der Waals surface area contributed by atoms with E-state index in [2.05, 4.69) is 42.3 Å². The lowest BCUT2D eigenvalue weighted by Crippen LogP contribution is -2.32. The van der Waals surface area contributed by atoms with Gasteiger partial charge in [-0.2, -0.15) is 0 Å². The number of aryl methyl sites for hydroxylation is 2. The molecule has 1 aromatic carbocycles. The lowest BCUT2D eigenvalue weighted by atomic mass is 10.1. The van der Waals surface area contributed by atoms with Crippen LogP contribution in [0.3, 0.4) is 0 Å². The number of nitrogens with one attached hydrogen (secondary N) is 1. The van der Waals surface area contributed by atoms with E-state index in [1.165, 1.54) is 16.8 Å². The molecule has 88 valence electrons. The van der Waals surface area contributed by atoms with Crippen LogP contribution in [0.4, 0.5) is 5.69 Å². The molecule has 1 saturated heterocycles. The second kappa shape index (κ2) is 4.85. The Bertz CT molecular complexity index is 345. The summed E-state index contributed by atoms with van der Waals surface area (Å²) in [5.74, 6) is 0. The number of rotatable bonds is 1. The summed E-state index contributed by atoms with van der Waals surface area (Å²) in [6.07, 6.45) is -0.275. The quantitative estimate of drug-likeness (QED) is 0.743. The van der Waals surface area contributed by atoms with Crippen molar-refractivity contribution in [1.29, 1.82) is 0 Å². The molecule has 1 heterocycles. The third kappa shape index (κ3) is 2.74. The highest BCUT2D eigenvalue weighted by atomic mass is 16.3. The average Bonchev–Trinajstić information content (AvgIpc) is 2.41. The molecule has 0 aromatic heterocycles. The van der Waals surface area contributed by atoms with Crippen molar-refractivity contribution in [3.8, 4) is 0 Å². The number of β-amino-alcohol motifs (C(OH)–C–C–N with tert-alkyl or cyclic N) is 1. The SMILES string of the molecule is Cc1cc(C)cc(N2CCNCC(O)C2)c1. The Morgan fingerprint density at radius 3 is 2.62 bits per heavy atom. The Morgan fingerprint density at radius 1 is 1.25 bits per heavy atom. The minimum Gasteiger partial charge on any atom is -0.390 e. The summed E-state index contributed by atoms with van der Waals surface area (Å²) in [5.41, 5.74) is 3.78. The van der Waals surface area contributed by atoms with E-state index >= 15 is 0 Å². The van der Waals surface area contributed by atoms with Gasteiger partial charge >= 0.3 is 0 Å². The number of nitrogens with zero attached hydrogens (tertiary/aromatic N) is 1. The summed E-state index contributed by atoms with van der Waals surface area (Å²) in [7, 11) is 0. The first kappa shape index (κ1) is 11.4. The fourth-order valence-corrected chi connectivity index (χ4v) is 2.26. The largest absolute Gasteiger partial charge is 0.390 e. The molecule has 0 aliphatic carbocycles.